The maximum atomic E-state index is 13.4. The molecule has 1 N–H and O–H groups in total. The van der Waals surface area contributed by atoms with Gasteiger partial charge in [0.15, 0.2) is 16.6 Å². The second-order valence-corrected chi connectivity index (χ2v) is 10.5. The van der Waals surface area contributed by atoms with Gasteiger partial charge in [0.2, 0.25) is 0 Å². The van der Waals surface area contributed by atoms with E-state index in [-0.39, 0.29) is 11.3 Å². The Hall–Kier alpha value is -3.69. The number of aryl methyl sites for hydroxylation is 1. The monoisotopic (exact) mass is 562 g/mol. The highest BCUT2D eigenvalue weighted by atomic mass is 79.9. The van der Waals surface area contributed by atoms with Crippen LogP contribution in [0.25, 0.3) is 16.0 Å². The zero-order valence-electron chi connectivity index (χ0n) is 19.0. The molecule has 0 bridgehead atoms. The average molecular weight is 563 g/mol. The molecule has 1 fully saturated rings. The van der Waals surface area contributed by atoms with Gasteiger partial charge in [-0.25, -0.2) is 4.98 Å². The van der Waals surface area contributed by atoms with Crippen molar-refractivity contribution in [3.8, 4) is 11.5 Å². The summed E-state index contributed by atoms with van der Waals surface area (Å²) in [5.74, 6) is -0.755. The normalized spacial score (nSPS) is 18.7. The zero-order chi connectivity index (χ0) is 25.0. The van der Waals surface area contributed by atoms with Crippen LogP contribution in [0.3, 0.4) is 0 Å². The van der Waals surface area contributed by atoms with Crippen LogP contribution in [0.5, 0.6) is 11.5 Å². The molecule has 0 saturated carbocycles. The van der Waals surface area contributed by atoms with Gasteiger partial charge in [0.25, 0.3) is 5.78 Å². The number of carbonyl (C=O) groups is 2. The molecule has 1 atom stereocenters. The number of aromatic nitrogens is 1. The van der Waals surface area contributed by atoms with Gasteiger partial charge in [0.05, 0.1) is 21.8 Å². The maximum absolute atomic E-state index is 13.4. The van der Waals surface area contributed by atoms with Crippen LogP contribution >= 0.6 is 27.3 Å². The molecule has 2 aliphatic rings. The first-order chi connectivity index (χ1) is 17.4. The Kier molecular flexibility index (Phi) is 5.54. The maximum Gasteiger partial charge on any atom is 0.301 e. The summed E-state index contributed by atoms with van der Waals surface area (Å²) < 4.78 is 13.0. The van der Waals surface area contributed by atoms with E-state index in [1.54, 1.807) is 18.2 Å². The molecule has 2 aliphatic heterocycles. The summed E-state index contributed by atoms with van der Waals surface area (Å²) in [6, 6.07) is 17.3. The van der Waals surface area contributed by atoms with Gasteiger partial charge in [-0.15, -0.1) is 0 Å². The summed E-state index contributed by atoms with van der Waals surface area (Å²) >= 11 is 4.77. The molecule has 1 aromatic heterocycles. The molecular weight excluding hydrogens is 544 g/mol. The number of hydrogen-bond acceptors (Lipinski definition) is 7. The number of amides is 1. The molecule has 0 unspecified atom stereocenters. The van der Waals surface area contributed by atoms with Gasteiger partial charge >= 0.3 is 5.91 Å². The van der Waals surface area contributed by atoms with Crippen molar-refractivity contribution in [1.82, 2.24) is 4.98 Å². The van der Waals surface area contributed by atoms with E-state index in [0.717, 1.165) is 20.3 Å². The Morgan fingerprint density at radius 3 is 2.56 bits per heavy atom. The number of carbonyl (C=O) groups excluding carboxylic acids is 2. The summed E-state index contributed by atoms with van der Waals surface area (Å²) in [6.45, 7) is 2.81. The number of ketones is 1. The highest BCUT2D eigenvalue weighted by molar-refractivity contribution is 9.10. The molecule has 1 saturated heterocycles. The Morgan fingerprint density at radius 2 is 1.78 bits per heavy atom. The minimum absolute atomic E-state index is 0.00515. The number of hydrogen-bond donors (Lipinski definition) is 1. The summed E-state index contributed by atoms with van der Waals surface area (Å²) in [7, 11) is 0. The first-order valence-corrected chi connectivity index (χ1v) is 12.9. The van der Waals surface area contributed by atoms with Gasteiger partial charge in [-0.2, -0.15) is 0 Å². The van der Waals surface area contributed by atoms with E-state index in [1.165, 1.54) is 16.2 Å². The number of rotatable bonds is 3. The number of fused-ring (bicyclic) bond motifs is 2. The van der Waals surface area contributed by atoms with Crippen molar-refractivity contribution in [2.45, 2.75) is 13.0 Å². The molecule has 6 rings (SSSR count). The van der Waals surface area contributed by atoms with E-state index in [1.807, 2.05) is 49.4 Å². The molecule has 0 spiro atoms. The van der Waals surface area contributed by atoms with Crippen LogP contribution in [0.4, 0.5) is 5.13 Å². The van der Waals surface area contributed by atoms with E-state index in [0.29, 0.717) is 41.0 Å². The third-order valence-corrected chi connectivity index (χ3v) is 7.73. The molecule has 3 heterocycles. The lowest BCUT2D eigenvalue weighted by Gasteiger charge is -2.23. The van der Waals surface area contributed by atoms with E-state index in [4.69, 9.17) is 9.47 Å². The Morgan fingerprint density at radius 1 is 1.03 bits per heavy atom. The molecule has 7 nitrogen and oxygen atoms in total. The number of nitrogens with zero attached hydrogens (tertiary/aromatic N) is 2. The lowest BCUT2D eigenvalue weighted by Crippen LogP contribution is -2.29. The van der Waals surface area contributed by atoms with Crippen molar-refractivity contribution in [3.05, 3.63) is 87.4 Å². The number of Topliss-reactive ketones (excluding diaryl/α,β-unsaturated/α-hetero) is 1. The van der Waals surface area contributed by atoms with Crippen LogP contribution in [-0.2, 0) is 9.59 Å². The van der Waals surface area contributed by atoms with Gasteiger partial charge in [0.1, 0.15) is 19.0 Å². The van der Waals surface area contributed by atoms with Crippen LogP contribution in [0, 0.1) is 6.92 Å². The molecule has 0 radical (unpaired) electrons. The predicted molar refractivity (Wildman–Crippen MR) is 141 cm³/mol. The summed E-state index contributed by atoms with van der Waals surface area (Å²) in [5, 5.41) is 11.8. The van der Waals surface area contributed by atoms with Crippen LogP contribution in [0.1, 0.15) is 22.7 Å². The van der Waals surface area contributed by atoms with E-state index < -0.39 is 17.7 Å². The van der Waals surface area contributed by atoms with Gasteiger partial charge in [-0.05, 0) is 60.5 Å². The largest absolute Gasteiger partial charge is 0.507 e. The molecule has 4 aromatic rings. The quantitative estimate of drug-likeness (QED) is 0.194. The molecule has 1 amide bonds. The number of thiazole rings is 1. The zero-order valence-corrected chi connectivity index (χ0v) is 21.4. The second kappa shape index (κ2) is 8.76. The van der Waals surface area contributed by atoms with Crippen LogP contribution in [0.15, 0.2) is 70.7 Å². The molecule has 180 valence electrons. The Balaban J connectivity index is 1.54. The van der Waals surface area contributed by atoms with Crippen molar-refractivity contribution in [2.75, 3.05) is 18.1 Å². The summed E-state index contributed by atoms with van der Waals surface area (Å²) in [5.41, 5.74) is 2.84. The van der Waals surface area contributed by atoms with Crippen LogP contribution < -0.4 is 14.4 Å². The fourth-order valence-corrected chi connectivity index (χ4v) is 5.81. The number of ether oxygens (including phenoxy) is 2. The van der Waals surface area contributed by atoms with Gasteiger partial charge in [-0.1, -0.05) is 45.5 Å². The Labute approximate surface area is 218 Å². The van der Waals surface area contributed by atoms with Crippen molar-refractivity contribution < 1.29 is 24.2 Å². The lowest BCUT2D eigenvalue weighted by molar-refractivity contribution is -0.132. The minimum atomic E-state index is -0.854. The highest BCUT2D eigenvalue weighted by Gasteiger charge is 2.48. The number of benzene rings is 3. The standard InChI is InChI=1S/C27H19BrN2O5S/c1-14-2-8-18-21(12-14)36-27(29-18)30-23(15-3-6-17(28)7-4-15)22(25(32)26(30)33)24(31)16-5-9-19-20(13-16)35-11-10-34-19/h2-9,12-13,23,31H,10-11H2,1H3/b24-22+/t23-/m1/s1. The molecule has 9 heteroatoms. The van der Waals surface area contributed by atoms with Gasteiger partial charge in [-0.3, -0.25) is 14.5 Å². The van der Waals surface area contributed by atoms with E-state index in [2.05, 4.69) is 20.9 Å². The first kappa shape index (κ1) is 22.8. The molecule has 3 aromatic carbocycles. The molecule has 36 heavy (non-hydrogen) atoms. The number of anilines is 1. The van der Waals surface area contributed by atoms with Gasteiger partial charge < -0.3 is 14.6 Å². The third-order valence-electron chi connectivity index (χ3n) is 6.18. The Bertz CT molecular complexity index is 1580. The minimum Gasteiger partial charge on any atom is -0.507 e. The third kappa shape index (κ3) is 3.75. The number of halogens is 1. The van der Waals surface area contributed by atoms with Crippen molar-refractivity contribution in [2.24, 2.45) is 0 Å². The van der Waals surface area contributed by atoms with E-state index >= 15 is 0 Å². The fourth-order valence-electron chi connectivity index (χ4n) is 4.46. The number of aliphatic hydroxyl groups is 1. The highest BCUT2D eigenvalue weighted by Crippen LogP contribution is 2.45. The van der Waals surface area contributed by atoms with Crippen LogP contribution in [0.2, 0.25) is 0 Å². The second-order valence-electron chi connectivity index (χ2n) is 8.55. The van der Waals surface area contributed by atoms with Crippen molar-refractivity contribution in [3.63, 3.8) is 0 Å². The van der Waals surface area contributed by atoms with Crippen molar-refractivity contribution in [1.29, 1.82) is 0 Å². The van der Waals surface area contributed by atoms with E-state index in [9.17, 15) is 14.7 Å². The SMILES string of the molecule is Cc1ccc2nc(N3C(=O)C(=O)/C(=C(/O)c4ccc5c(c4)OCCO5)[C@H]3c3ccc(Br)cc3)sc2c1. The van der Waals surface area contributed by atoms with Crippen LogP contribution in [-0.4, -0.2) is 35.0 Å². The van der Waals surface area contributed by atoms with Gasteiger partial charge in [0, 0.05) is 10.0 Å². The smallest absolute Gasteiger partial charge is 0.301 e. The summed E-state index contributed by atoms with van der Waals surface area (Å²) in [4.78, 5) is 32.9. The predicted octanol–water partition coefficient (Wildman–Crippen LogP) is 5.76. The topological polar surface area (TPSA) is 89.0 Å². The number of aliphatic hydroxyl groups excluding tert-OH is 1. The molecular formula is C27H19BrN2O5S. The van der Waals surface area contributed by atoms with Crippen molar-refractivity contribution >= 4 is 60.1 Å². The molecule has 0 aliphatic carbocycles. The average Bonchev–Trinajstić information content (AvgIpc) is 3.41. The lowest BCUT2D eigenvalue weighted by atomic mass is 9.95. The fraction of sp³-hybridized carbons (Fsp3) is 0.148. The first-order valence-electron chi connectivity index (χ1n) is 11.2. The summed E-state index contributed by atoms with van der Waals surface area (Å²) in [6.07, 6.45) is 0.